The number of likely N-dealkylation sites (N-methyl/N-ethyl adjacent to an activating group) is 1. The molecule has 0 aliphatic carbocycles. The van der Waals surface area contributed by atoms with Gasteiger partial charge in [-0.25, -0.2) is 9.78 Å². The van der Waals surface area contributed by atoms with Crippen LogP contribution in [0.2, 0.25) is 0 Å². The van der Waals surface area contributed by atoms with Gasteiger partial charge in [-0.2, -0.15) is 0 Å². The van der Waals surface area contributed by atoms with Crippen molar-refractivity contribution in [3.8, 4) is 11.4 Å². The Morgan fingerprint density at radius 1 is 1.29 bits per heavy atom. The second-order valence-corrected chi connectivity index (χ2v) is 8.69. The van der Waals surface area contributed by atoms with Gasteiger partial charge in [0.05, 0.1) is 35.6 Å². The maximum atomic E-state index is 13.5. The number of carbonyl (C=O) groups excluding carboxylic acids is 2. The Morgan fingerprint density at radius 2 is 2.06 bits per heavy atom. The van der Waals surface area contributed by atoms with Crippen LogP contribution in [0.3, 0.4) is 0 Å². The molecule has 2 aromatic heterocycles. The lowest BCUT2D eigenvalue weighted by Crippen LogP contribution is -2.48. The van der Waals surface area contributed by atoms with Crippen LogP contribution in [0.4, 0.5) is 5.69 Å². The van der Waals surface area contributed by atoms with E-state index in [-0.39, 0.29) is 37.5 Å². The van der Waals surface area contributed by atoms with Crippen molar-refractivity contribution in [2.24, 2.45) is 0 Å². The Hall–Kier alpha value is -3.43. The van der Waals surface area contributed by atoms with Gasteiger partial charge in [0.1, 0.15) is 6.61 Å². The van der Waals surface area contributed by atoms with Gasteiger partial charge < -0.3 is 19.8 Å². The van der Waals surface area contributed by atoms with Gasteiger partial charge in [0, 0.05) is 22.2 Å². The molecule has 4 heterocycles. The molecule has 2 aliphatic heterocycles. The first kappa shape index (κ1) is 23.7. The molecule has 0 saturated heterocycles. The Balaban J connectivity index is 0.00000274. The first-order chi connectivity index (χ1) is 15.7. The minimum Gasteiger partial charge on any atom is -0.457 e. The molecule has 0 bridgehead atoms. The largest absolute Gasteiger partial charge is 0.457 e. The summed E-state index contributed by atoms with van der Waals surface area (Å²) in [7, 11) is 3.46. The number of ether oxygens (including phenoxy) is 2. The molecule has 0 saturated carbocycles. The number of esters is 2. The number of nitrogens with two attached hydrogens (primary N) is 1. The van der Waals surface area contributed by atoms with Gasteiger partial charge in [-0.3, -0.25) is 14.5 Å². The fourth-order valence-corrected chi connectivity index (χ4v) is 4.67. The molecule has 34 heavy (non-hydrogen) atoms. The highest BCUT2D eigenvalue weighted by Gasteiger charge is 2.50. The van der Waals surface area contributed by atoms with E-state index in [0.717, 1.165) is 10.9 Å². The maximum absolute atomic E-state index is 13.5. The number of nitrogens with zero attached hydrogens (tertiary/aromatic N) is 3. The number of cyclic esters (lactones) is 1. The molecule has 9 nitrogen and oxygen atoms in total. The van der Waals surface area contributed by atoms with E-state index in [9.17, 15) is 14.4 Å². The van der Waals surface area contributed by atoms with E-state index < -0.39 is 17.5 Å². The minimum absolute atomic E-state index is 0. The van der Waals surface area contributed by atoms with Crippen LogP contribution >= 0.6 is 12.4 Å². The van der Waals surface area contributed by atoms with E-state index in [1.54, 1.807) is 36.6 Å². The third-order valence-corrected chi connectivity index (χ3v) is 6.29. The number of hydrogen-bond donors (Lipinski definition) is 1. The van der Waals surface area contributed by atoms with E-state index in [0.29, 0.717) is 40.3 Å². The van der Waals surface area contributed by atoms with Crippen molar-refractivity contribution in [2.45, 2.75) is 32.1 Å². The summed E-state index contributed by atoms with van der Waals surface area (Å²) in [6, 6.07) is 9.20. The Bertz CT molecular complexity index is 1400. The van der Waals surface area contributed by atoms with Crippen LogP contribution in [-0.4, -0.2) is 47.0 Å². The average molecular weight is 485 g/mol. The predicted octanol–water partition coefficient (Wildman–Crippen LogP) is 2.20. The van der Waals surface area contributed by atoms with E-state index in [1.807, 2.05) is 24.3 Å². The van der Waals surface area contributed by atoms with Crippen LogP contribution < -0.4 is 11.3 Å². The number of hydrogen-bond acceptors (Lipinski definition) is 8. The van der Waals surface area contributed by atoms with Crippen molar-refractivity contribution < 1.29 is 19.1 Å². The van der Waals surface area contributed by atoms with Crippen LogP contribution in [0.1, 0.15) is 30.0 Å². The quantitative estimate of drug-likeness (QED) is 0.346. The van der Waals surface area contributed by atoms with Crippen molar-refractivity contribution in [2.75, 3.05) is 26.4 Å². The lowest BCUT2D eigenvalue weighted by atomic mass is 9.85. The average Bonchev–Trinajstić information content (AvgIpc) is 3.12. The molecule has 3 aromatic rings. The van der Waals surface area contributed by atoms with Gasteiger partial charge in [-0.1, -0.05) is 13.0 Å². The number of pyridine rings is 2. The van der Waals surface area contributed by atoms with Gasteiger partial charge in [0.2, 0.25) is 5.60 Å². The Morgan fingerprint density at radius 3 is 2.76 bits per heavy atom. The first-order valence-corrected chi connectivity index (χ1v) is 10.7. The molecule has 2 N–H and O–H groups in total. The topological polar surface area (TPSA) is 117 Å². The smallest absolute Gasteiger partial charge is 0.355 e. The molecule has 0 amide bonds. The van der Waals surface area contributed by atoms with Crippen LogP contribution in [0, 0.1) is 0 Å². The zero-order chi connectivity index (χ0) is 23.5. The van der Waals surface area contributed by atoms with Crippen molar-refractivity contribution in [1.82, 2.24) is 14.5 Å². The molecular weight excluding hydrogens is 460 g/mol. The highest BCUT2D eigenvalue weighted by atomic mass is 35.5. The van der Waals surface area contributed by atoms with Crippen molar-refractivity contribution in [3.63, 3.8) is 0 Å². The maximum Gasteiger partial charge on any atom is 0.355 e. The normalized spacial score (nSPS) is 18.1. The zero-order valence-electron chi connectivity index (χ0n) is 19.1. The summed E-state index contributed by atoms with van der Waals surface area (Å²) in [4.78, 5) is 45.4. The molecule has 178 valence electrons. The third-order valence-electron chi connectivity index (χ3n) is 6.29. The van der Waals surface area contributed by atoms with Gasteiger partial charge >= 0.3 is 11.9 Å². The molecule has 1 unspecified atom stereocenters. The molecular formula is C24H25ClN4O5. The molecule has 2 aliphatic rings. The van der Waals surface area contributed by atoms with Crippen LogP contribution in [-0.2, 0) is 37.8 Å². The SMILES string of the molecule is CCC1(OC(=O)CN(C)C)C(=O)OCc2c1cc1n(c2=O)Cc2cc3c(N)cccc3nc2-1.Cl. The predicted molar refractivity (Wildman–Crippen MR) is 129 cm³/mol. The first-order valence-electron chi connectivity index (χ1n) is 10.7. The van der Waals surface area contributed by atoms with Crippen molar-refractivity contribution >= 4 is 40.9 Å². The number of halogens is 1. The van der Waals surface area contributed by atoms with Gasteiger partial charge in [-0.05, 0) is 44.8 Å². The van der Waals surface area contributed by atoms with Gasteiger partial charge in [0.15, 0.2) is 0 Å². The Labute approximate surface area is 201 Å². The number of fused-ring (bicyclic) bond motifs is 5. The summed E-state index contributed by atoms with van der Waals surface area (Å²) in [5.74, 6) is -1.25. The van der Waals surface area contributed by atoms with Gasteiger partial charge in [-0.15, -0.1) is 12.4 Å². The summed E-state index contributed by atoms with van der Waals surface area (Å²) in [6.07, 6.45) is 0.134. The fraction of sp³-hybridized carbons (Fsp3) is 0.333. The molecule has 1 atom stereocenters. The number of aromatic nitrogens is 2. The summed E-state index contributed by atoms with van der Waals surface area (Å²) in [6.45, 7) is 1.89. The number of benzene rings is 1. The standard InChI is InChI=1S/C24H24N4O5.ClH/c1-4-24(33-20(29)11-27(2)3)16-9-19-21-13(8-14-17(25)6-5-7-18(14)26-21)10-28(19)22(30)15(16)12-32-23(24)31;/h5-9H,4,10-12,25H2,1-3H3;1H. The second-order valence-electron chi connectivity index (χ2n) is 8.69. The molecule has 10 heteroatoms. The summed E-state index contributed by atoms with van der Waals surface area (Å²) in [5.41, 5.74) is 8.25. The number of carbonyl (C=O) groups is 2. The summed E-state index contributed by atoms with van der Waals surface area (Å²) >= 11 is 0. The van der Waals surface area contributed by atoms with Crippen molar-refractivity contribution in [1.29, 1.82) is 0 Å². The van der Waals surface area contributed by atoms with E-state index in [2.05, 4.69) is 0 Å². The number of anilines is 1. The van der Waals surface area contributed by atoms with Crippen molar-refractivity contribution in [3.05, 3.63) is 57.4 Å². The minimum atomic E-state index is -1.68. The van der Waals surface area contributed by atoms with Gasteiger partial charge in [0.25, 0.3) is 5.56 Å². The lowest BCUT2D eigenvalue weighted by molar-refractivity contribution is -0.189. The number of nitrogen functional groups attached to an aromatic ring is 1. The molecule has 0 radical (unpaired) electrons. The van der Waals surface area contributed by atoms with Crippen LogP contribution in [0.5, 0.6) is 0 Å². The van der Waals surface area contributed by atoms with E-state index >= 15 is 0 Å². The summed E-state index contributed by atoms with van der Waals surface area (Å²) < 4.78 is 12.7. The van der Waals surface area contributed by atoms with Crippen LogP contribution in [0.15, 0.2) is 35.1 Å². The second kappa shape index (κ2) is 8.41. The fourth-order valence-electron chi connectivity index (χ4n) is 4.67. The van der Waals surface area contributed by atoms with E-state index in [1.165, 1.54) is 0 Å². The Kier molecular flexibility index (Phi) is 5.87. The highest BCUT2D eigenvalue weighted by Crippen LogP contribution is 2.41. The third kappa shape index (κ3) is 3.43. The lowest BCUT2D eigenvalue weighted by Gasteiger charge is -2.35. The number of rotatable bonds is 4. The van der Waals surface area contributed by atoms with Crippen LogP contribution in [0.25, 0.3) is 22.3 Å². The van der Waals surface area contributed by atoms with E-state index in [4.69, 9.17) is 20.2 Å². The monoisotopic (exact) mass is 484 g/mol. The molecule has 5 rings (SSSR count). The zero-order valence-corrected chi connectivity index (χ0v) is 19.9. The summed E-state index contributed by atoms with van der Waals surface area (Å²) in [5, 5.41) is 0.820. The molecule has 0 fully saturated rings. The highest BCUT2D eigenvalue weighted by molar-refractivity contribution is 5.93. The molecule has 0 spiro atoms. The molecule has 1 aromatic carbocycles.